The van der Waals surface area contributed by atoms with Crippen molar-refractivity contribution in [3.8, 4) is 5.75 Å². The predicted molar refractivity (Wildman–Crippen MR) is 75.2 cm³/mol. The molecule has 0 amide bonds. The fourth-order valence-electron chi connectivity index (χ4n) is 1.38. The number of aryl methyl sites for hydroxylation is 1. The van der Waals surface area contributed by atoms with Gasteiger partial charge in [-0.3, -0.25) is 0 Å². The van der Waals surface area contributed by atoms with Crippen LogP contribution in [-0.2, 0) is 0 Å². The van der Waals surface area contributed by atoms with Gasteiger partial charge in [0.15, 0.2) is 0 Å². The summed E-state index contributed by atoms with van der Waals surface area (Å²) in [6, 6.07) is 3.11. The van der Waals surface area contributed by atoms with E-state index in [9.17, 15) is 5.11 Å². The molecule has 0 spiro atoms. The molecule has 0 fully saturated rings. The van der Waals surface area contributed by atoms with Crippen molar-refractivity contribution in [2.24, 2.45) is 5.10 Å². The molecule has 2 rings (SSSR count). The molecule has 0 saturated carbocycles. The van der Waals surface area contributed by atoms with Crippen LogP contribution in [0.2, 0.25) is 5.02 Å². The summed E-state index contributed by atoms with van der Waals surface area (Å²) in [5.74, 6) is 0.358. The molecule has 0 aliphatic heterocycles. The van der Waals surface area contributed by atoms with Crippen molar-refractivity contribution in [2.75, 3.05) is 5.73 Å². The number of phenols is 1. The van der Waals surface area contributed by atoms with E-state index in [0.29, 0.717) is 15.1 Å². The van der Waals surface area contributed by atoms with Crippen LogP contribution >= 0.6 is 27.5 Å². The minimum atomic E-state index is 0.0745. The number of hydrogen-bond donors (Lipinski definition) is 2. The number of hydrogen-bond acceptors (Lipinski definition) is 4. The molecule has 94 valence electrons. The van der Waals surface area contributed by atoms with Gasteiger partial charge in [0, 0.05) is 10.0 Å². The molecule has 0 radical (unpaired) electrons. The van der Waals surface area contributed by atoms with Crippen molar-refractivity contribution in [1.29, 1.82) is 0 Å². The van der Waals surface area contributed by atoms with E-state index in [1.54, 1.807) is 12.3 Å². The highest BCUT2D eigenvalue weighted by atomic mass is 79.9. The first-order valence-corrected chi connectivity index (χ1v) is 6.18. The van der Waals surface area contributed by atoms with Crippen LogP contribution in [0, 0.1) is 6.92 Å². The minimum Gasteiger partial charge on any atom is -0.507 e. The van der Waals surface area contributed by atoms with Crippen LogP contribution in [-0.4, -0.2) is 21.0 Å². The topological polar surface area (TPSA) is 76.4 Å². The van der Waals surface area contributed by atoms with Crippen molar-refractivity contribution in [2.45, 2.75) is 6.92 Å². The lowest BCUT2D eigenvalue weighted by atomic mass is 10.2. The predicted octanol–water partition coefficient (Wildman–Crippen LogP) is 2.78. The molecule has 0 atom stereocenters. The van der Waals surface area contributed by atoms with Gasteiger partial charge in [0.1, 0.15) is 5.75 Å². The molecule has 0 bridgehead atoms. The van der Waals surface area contributed by atoms with Crippen LogP contribution in [0.5, 0.6) is 5.75 Å². The molecule has 0 unspecified atom stereocenters. The Bertz CT molecular complexity index is 624. The average Bonchev–Trinajstić information content (AvgIpc) is 2.61. The highest BCUT2D eigenvalue weighted by molar-refractivity contribution is 9.10. The lowest BCUT2D eigenvalue weighted by Gasteiger charge is -2.02. The molecule has 7 heteroatoms. The van der Waals surface area contributed by atoms with Crippen LogP contribution in [0.25, 0.3) is 0 Å². The number of aromatic hydroxyl groups is 1. The summed E-state index contributed by atoms with van der Waals surface area (Å²) < 4.78 is 2.04. The van der Waals surface area contributed by atoms with E-state index in [-0.39, 0.29) is 11.7 Å². The van der Waals surface area contributed by atoms with Gasteiger partial charge in [-0.15, -0.1) is 0 Å². The first kappa shape index (κ1) is 12.9. The van der Waals surface area contributed by atoms with Crippen molar-refractivity contribution in [3.63, 3.8) is 0 Å². The maximum atomic E-state index is 9.73. The number of aromatic nitrogens is 2. The van der Waals surface area contributed by atoms with Gasteiger partial charge in [-0.1, -0.05) is 11.6 Å². The Kier molecular flexibility index (Phi) is 3.58. The molecule has 3 N–H and O–H groups in total. The normalized spacial score (nSPS) is 11.3. The van der Waals surface area contributed by atoms with Crippen LogP contribution in [0.4, 0.5) is 5.95 Å². The molecule has 0 saturated heterocycles. The van der Waals surface area contributed by atoms with Gasteiger partial charge >= 0.3 is 0 Å². The zero-order valence-corrected chi connectivity index (χ0v) is 11.8. The first-order chi connectivity index (χ1) is 8.47. The number of phenolic OH excluding ortho intramolecular Hbond substituents is 1. The van der Waals surface area contributed by atoms with Gasteiger partial charge in [-0.05, 0) is 35.0 Å². The van der Waals surface area contributed by atoms with E-state index in [0.717, 1.165) is 5.69 Å². The number of nitrogens with two attached hydrogens (primary N) is 1. The number of nitrogen functional groups attached to an aromatic ring is 1. The first-order valence-electron chi connectivity index (χ1n) is 5.01. The number of benzene rings is 1. The minimum absolute atomic E-state index is 0.0745. The lowest BCUT2D eigenvalue weighted by Crippen LogP contribution is -1.97. The van der Waals surface area contributed by atoms with Gasteiger partial charge in [0.05, 0.1) is 23.1 Å². The average molecular weight is 330 g/mol. The molecule has 0 aliphatic carbocycles. The molecular weight excluding hydrogens is 320 g/mol. The molecule has 18 heavy (non-hydrogen) atoms. The summed E-state index contributed by atoms with van der Waals surface area (Å²) >= 11 is 9.16. The third-order valence-electron chi connectivity index (χ3n) is 2.23. The van der Waals surface area contributed by atoms with Crippen LogP contribution in [0.1, 0.15) is 11.3 Å². The summed E-state index contributed by atoms with van der Waals surface area (Å²) in [7, 11) is 0. The number of anilines is 1. The monoisotopic (exact) mass is 328 g/mol. The molecule has 1 heterocycles. The summed E-state index contributed by atoms with van der Waals surface area (Å²) in [4.78, 5) is 4.01. The second-order valence-corrected chi connectivity index (χ2v) is 4.92. The van der Waals surface area contributed by atoms with E-state index in [1.807, 2.05) is 6.92 Å². The highest BCUT2D eigenvalue weighted by Gasteiger charge is 2.05. The van der Waals surface area contributed by atoms with E-state index < -0.39 is 0 Å². The zero-order valence-electron chi connectivity index (χ0n) is 9.43. The van der Waals surface area contributed by atoms with Gasteiger partial charge in [0.2, 0.25) is 5.95 Å². The van der Waals surface area contributed by atoms with E-state index in [2.05, 4.69) is 26.0 Å². The SMILES string of the molecule is Cc1cn(N=Cc2cc(Cl)c(Br)cc2O)c(N)n1. The van der Waals surface area contributed by atoms with Gasteiger partial charge in [0.25, 0.3) is 0 Å². The lowest BCUT2D eigenvalue weighted by molar-refractivity contribution is 0.474. The summed E-state index contributed by atoms with van der Waals surface area (Å²) in [6.07, 6.45) is 3.15. The number of imidazole rings is 1. The molecule has 1 aromatic carbocycles. The van der Waals surface area contributed by atoms with Gasteiger partial charge in [-0.25, -0.2) is 9.66 Å². The fraction of sp³-hybridized carbons (Fsp3) is 0.0909. The maximum Gasteiger partial charge on any atom is 0.221 e. The van der Waals surface area contributed by atoms with Gasteiger partial charge < -0.3 is 10.8 Å². The smallest absolute Gasteiger partial charge is 0.221 e. The van der Waals surface area contributed by atoms with Crippen LogP contribution < -0.4 is 5.73 Å². The molecular formula is C11H10BrClN4O. The Hall–Kier alpha value is -1.53. The Labute approximate surface area is 117 Å². The summed E-state index contributed by atoms with van der Waals surface area (Å²) in [6.45, 7) is 1.82. The fourth-order valence-corrected chi connectivity index (χ4v) is 1.88. The Morgan fingerprint density at radius 1 is 1.56 bits per heavy atom. The number of rotatable bonds is 2. The second kappa shape index (κ2) is 4.99. The summed E-state index contributed by atoms with van der Waals surface area (Å²) in [5.41, 5.74) is 6.90. The quantitative estimate of drug-likeness (QED) is 0.832. The van der Waals surface area contributed by atoms with E-state index >= 15 is 0 Å². The third kappa shape index (κ3) is 2.65. The molecule has 1 aromatic heterocycles. The number of halogens is 2. The Balaban J connectivity index is 2.34. The van der Waals surface area contributed by atoms with Crippen molar-refractivity contribution >= 4 is 39.7 Å². The van der Waals surface area contributed by atoms with E-state index in [1.165, 1.54) is 17.0 Å². The van der Waals surface area contributed by atoms with Crippen LogP contribution in [0.3, 0.4) is 0 Å². The second-order valence-electron chi connectivity index (χ2n) is 3.65. The highest BCUT2D eigenvalue weighted by Crippen LogP contribution is 2.29. The van der Waals surface area contributed by atoms with Crippen molar-refractivity contribution in [1.82, 2.24) is 9.66 Å². The molecule has 5 nitrogen and oxygen atoms in total. The standard InChI is InChI=1S/C11H10BrClN4O/c1-6-5-17(11(14)16-6)15-4-7-2-9(13)8(12)3-10(7)18/h2-5,18H,1H3,(H2,14,16). The zero-order chi connectivity index (χ0) is 13.3. The van der Waals surface area contributed by atoms with Crippen LogP contribution in [0.15, 0.2) is 27.9 Å². The summed E-state index contributed by atoms with van der Waals surface area (Å²) in [5, 5.41) is 14.3. The van der Waals surface area contributed by atoms with E-state index in [4.69, 9.17) is 17.3 Å². The Morgan fingerprint density at radius 3 is 2.89 bits per heavy atom. The molecule has 2 aromatic rings. The maximum absolute atomic E-state index is 9.73. The van der Waals surface area contributed by atoms with Gasteiger partial charge in [-0.2, -0.15) is 5.10 Å². The third-order valence-corrected chi connectivity index (χ3v) is 3.42. The number of nitrogens with zero attached hydrogens (tertiary/aromatic N) is 3. The largest absolute Gasteiger partial charge is 0.507 e. The molecule has 0 aliphatic rings. The van der Waals surface area contributed by atoms with Crippen molar-refractivity contribution in [3.05, 3.63) is 39.1 Å². The Morgan fingerprint density at radius 2 is 2.28 bits per heavy atom. The van der Waals surface area contributed by atoms with Crippen molar-refractivity contribution < 1.29 is 5.11 Å².